The standard InChI is InChI=1S/C12H13N3O6/c1-7(11(17)14-12(18)13-2)21-10-4-3-8(6-16)5-9(10)15(19)20/h3-7H,1-2H3,(H2,13,14,17,18). The predicted molar refractivity (Wildman–Crippen MR) is 71.2 cm³/mol. The average molecular weight is 295 g/mol. The molecule has 1 unspecified atom stereocenters. The van der Waals surface area contributed by atoms with E-state index in [0.717, 1.165) is 6.07 Å². The number of aldehydes is 1. The first-order valence-electron chi connectivity index (χ1n) is 5.82. The number of carbonyl (C=O) groups excluding carboxylic acids is 3. The lowest BCUT2D eigenvalue weighted by molar-refractivity contribution is -0.386. The quantitative estimate of drug-likeness (QED) is 0.466. The number of ether oxygens (including phenoxy) is 1. The fourth-order valence-electron chi connectivity index (χ4n) is 1.37. The summed E-state index contributed by atoms with van der Waals surface area (Å²) in [6, 6.07) is 2.84. The summed E-state index contributed by atoms with van der Waals surface area (Å²) in [5.74, 6) is -0.937. The predicted octanol–water partition coefficient (Wildman–Crippen LogP) is 0.630. The Morgan fingerprint density at radius 2 is 2.10 bits per heavy atom. The molecule has 0 aliphatic rings. The number of carbonyl (C=O) groups is 3. The maximum absolute atomic E-state index is 11.6. The van der Waals surface area contributed by atoms with Crippen LogP contribution in [0.4, 0.5) is 10.5 Å². The number of hydrogen-bond acceptors (Lipinski definition) is 6. The lowest BCUT2D eigenvalue weighted by atomic mass is 10.2. The van der Waals surface area contributed by atoms with Crippen molar-refractivity contribution in [3.63, 3.8) is 0 Å². The lowest BCUT2D eigenvalue weighted by Crippen LogP contribution is -2.44. The van der Waals surface area contributed by atoms with Crippen LogP contribution in [0, 0.1) is 10.1 Å². The highest BCUT2D eigenvalue weighted by Crippen LogP contribution is 2.28. The van der Waals surface area contributed by atoms with Crippen LogP contribution in [0.2, 0.25) is 0 Å². The van der Waals surface area contributed by atoms with E-state index in [4.69, 9.17) is 4.74 Å². The van der Waals surface area contributed by atoms with Gasteiger partial charge in [-0.05, 0) is 19.1 Å². The fraction of sp³-hybridized carbons (Fsp3) is 0.250. The van der Waals surface area contributed by atoms with Crippen LogP contribution in [0.1, 0.15) is 17.3 Å². The molecule has 0 aromatic heterocycles. The SMILES string of the molecule is CNC(=O)NC(=O)C(C)Oc1ccc(C=O)cc1[N+](=O)[O-]. The summed E-state index contributed by atoms with van der Waals surface area (Å²) >= 11 is 0. The number of nitro groups is 1. The van der Waals surface area contributed by atoms with Crippen LogP contribution in [0.25, 0.3) is 0 Å². The molecule has 1 aromatic carbocycles. The second kappa shape index (κ2) is 6.98. The first-order valence-corrected chi connectivity index (χ1v) is 5.82. The van der Waals surface area contributed by atoms with Crippen LogP contribution in [-0.4, -0.2) is 36.3 Å². The normalized spacial score (nSPS) is 11.1. The molecule has 3 amide bonds. The van der Waals surface area contributed by atoms with Gasteiger partial charge in [-0.2, -0.15) is 0 Å². The molecule has 0 fully saturated rings. The molecule has 0 heterocycles. The van der Waals surface area contributed by atoms with Crippen LogP contribution >= 0.6 is 0 Å². The van der Waals surface area contributed by atoms with Gasteiger partial charge in [0.15, 0.2) is 11.9 Å². The molecule has 0 aliphatic carbocycles. The van der Waals surface area contributed by atoms with Crippen LogP contribution in [0.15, 0.2) is 18.2 Å². The van der Waals surface area contributed by atoms with Gasteiger partial charge < -0.3 is 10.1 Å². The summed E-state index contributed by atoms with van der Waals surface area (Å²) in [6.45, 7) is 1.33. The van der Waals surface area contributed by atoms with Gasteiger partial charge in [0.25, 0.3) is 5.91 Å². The van der Waals surface area contributed by atoms with Crippen molar-refractivity contribution in [1.29, 1.82) is 0 Å². The van der Waals surface area contributed by atoms with Gasteiger partial charge in [0, 0.05) is 18.7 Å². The van der Waals surface area contributed by atoms with Crippen molar-refractivity contribution in [2.45, 2.75) is 13.0 Å². The molecular formula is C12H13N3O6. The van der Waals surface area contributed by atoms with Crippen LogP contribution < -0.4 is 15.4 Å². The first kappa shape index (κ1) is 16.1. The van der Waals surface area contributed by atoms with Crippen molar-refractivity contribution in [2.75, 3.05) is 7.05 Å². The van der Waals surface area contributed by atoms with Crippen molar-refractivity contribution in [3.8, 4) is 5.75 Å². The van der Waals surface area contributed by atoms with Gasteiger partial charge in [0.05, 0.1) is 4.92 Å². The number of rotatable bonds is 5. The monoisotopic (exact) mass is 295 g/mol. The summed E-state index contributed by atoms with van der Waals surface area (Å²) in [5.41, 5.74) is -0.337. The Kier molecular flexibility index (Phi) is 5.35. The highest BCUT2D eigenvalue weighted by atomic mass is 16.6. The van der Waals surface area contributed by atoms with Crippen molar-refractivity contribution < 1.29 is 24.0 Å². The Bertz CT molecular complexity index is 586. The van der Waals surface area contributed by atoms with E-state index in [1.807, 2.05) is 5.32 Å². The molecule has 9 nitrogen and oxygen atoms in total. The number of amides is 3. The van der Waals surface area contributed by atoms with Crippen LogP contribution in [0.5, 0.6) is 5.75 Å². The minimum Gasteiger partial charge on any atom is -0.474 e. The van der Waals surface area contributed by atoms with Gasteiger partial charge in [0.1, 0.15) is 6.29 Å². The van der Waals surface area contributed by atoms with Gasteiger partial charge in [0.2, 0.25) is 0 Å². The Balaban J connectivity index is 2.91. The van der Waals surface area contributed by atoms with Gasteiger partial charge in [-0.15, -0.1) is 0 Å². The Hall–Kier alpha value is -2.97. The van der Waals surface area contributed by atoms with Crippen molar-refractivity contribution >= 4 is 23.9 Å². The number of nitrogens with one attached hydrogen (secondary N) is 2. The van der Waals surface area contributed by atoms with E-state index in [0.29, 0.717) is 6.29 Å². The molecule has 0 saturated heterocycles. The number of urea groups is 1. The molecule has 1 rings (SSSR count). The minimum atomic E-state index is -1.14. The molecule has 21 heavy (non-hydrogen) atoms. The van der Waals surface area contributed by atoms with Gasteiger partial charge >= 0.3 is 11.7 Å². The number of nitro benzene ring substituents is 1. The molecule has 112 valence electrons. The number of hydrogen-bond donors (Lipinski definition) is 2. The Morgan fingerprint density at radius 1 is 1.43 bits per heavy atom. The molecule has 0 radical (unpaired) electrons. The third-order valence-corrected chi connectivity index (χ3v) is 2.45. The second-order valence-corrected chi connectivity index (χ2v) is 3.93. The van der Waals surface area contributed by atoms with Crippen molar-refractivity contribution in [1.82, 2.24) is 10.6 Å². The Morgan fingerprint density at radius 3 is 2.62 bits per heavy atom. The van der Waals surface area contributed by atoms with Crippen LogP contribution in [-0.2, 0) is 4.79 Å². The molecule has 2 N–H and O–H groups in total. The van der Waals surface area contributed by atoms with Crippen molar-refractivity contribution in [2.24, 2.45) is 0 Å². The van der Waals surface area contributed by atoms with Crippen LogP contribution in [0.3, 0.4) is 0 Å². The zero-order chi connectivity index (χ0) is 16.0. The number of nitrogens with zero attached hydrogens (tertiary/aromatic N) is 1. The molecule has 0 saturated carbocycles. The van der Waals surface area contributed by atoms with Gasteiger partial charge in [-0.3, -0.25) is 25.0 Å². The molecule has 0 bridgehead atoms. The second-order valence-electron chi connectivity index (χ2n) is 3.93. The molecular weight excluding hydrogens is 282 g/mol. The maximum Gasteiger partial charge on any atom is 0.321 e. The lowest BCUT2D eigenvalue weighted by Gasteiger charge is -2.14. The Labute approximate surface area is 119 Å². The summed E-state index contributed by atoms with van der Waals surface area (Å²) in [4.78, 5) is 43.4. The third-order valence-electron chi connectivity index (χ3n) is 2.45. The highest BCUT2D eigenvalue weighted by molar-refractivity contribution is 5.96. The number of imide groups is 1. The van der Waals surface area contributed by atoms with E-state index < -0.39 is 28.7 Å². The van der Waals surface area contributed by atoms with Gasteiger partial charge in [-0.25, -0.2) is 4.79 Å². The summed E-state index contributed by atoms with van der Waals surface area (Å²) in [6.07, 6.45) is -0.679. The van der Waals surface area contributed by atoms with Crippen molar-refractivity contribution in [3.05, 3.63) is 33.9 Å². The summed E-state index contributed by atoms with van der Waals surface area (Å²) in [5, 5.41) is 15.1. The first-order chi connectivity index (χ1) is 9.88. The third kappa shape index (κ3) is 4.27. The van der Waals surface area contributed by atoms with E-state index >= 15 is 0 Å². The molecule has 0 spiro atoms. The van der Waals surface area contributed by atoms with E-state index in [-0.39, 0.29) is 11.3 Å². The van der Waals surface area contributed by atoms with E-state index in [2.05, 4.69) is 5.32 Å². The van der Waals surface area contributed by atoms with E-state index in [1.54, 1.807) is 0 Å². The van der Waals surface area contributed by atoms with E-state index in [1.165, 1.54) is 26.1 Å². The molecule has 1 atom stereocenters. The largest absolute Gasteiger partial charge is 0.474 e. The summed E-state index contributed by atoms with van der Waals surface area (Å²) in [7, 11) is 1.33. The fourth-order valence-corrected chi connectivity index (χ4v) is 1.37. The molecule has 9 heteroatoms. The zero-order valence-electron chi connectivity index (χ0n) is 11.3. The minimum absolute atomic E-state index is 0.108. The zero-order valence-corrected chi connectivity index (χ0v) is 11.3. The highest BCUT2D eigenvalue weighted by Gasteiger charge is 2.22. The van der Waals surface area contributed by atoms with E-state index in [9.17, 15) is 24.5 Å². The summed E-state index contributed by atoms with van der Waals surface area (Å²) < 4.78 is 5.16. The van der Waals surface area contributed by atoms with Gasteiger partial charge in [-0.1, -0.05) is 0 Å². The topological polar surface area (TPSA) is 128 Å². The maximum atomic E-state index is 11.6. The average Bonchev–Trinajstić information content (AvgIpc) is 2.46. The molecule has 0 aliphatic heterocycles. The number of benzene rings is 1. The molecule has 1 aromatic rings. The smallest absolute Gasteiger partial charge is 0.321 e.